The van der Waals surface area contributed by atoms with Crippen molar-refractivity contribution in [3.63, 3.8) is 0 Å². The van der Waals surface area contributed by atoms with Crippen molar-refractivity contribution in [1.29, 1.82) is 0 Å². The van der Waals surface area contributed by atoms with Crippen LogP contribution in [0.2, 0.25) is 0 Å². The highest BCUT2D eigenvalue weighted by Gasteiger charge is 2.03. The molecule has 96 valence electrons. The van der Waals surface area contributed by atoms with Gasteiger partial charge in [0, 0.05) is 19.0 Å². The van der Waals surface area contributed by atoms with Gasteiger partial charge in [0.25, 0.3) is 0 Å². The van der Waals surface area contributed by atoms with Crippen LogP contribution in [0, 0.1) is 6.92 Å². The molecule has 0 saturated heterocycles. The van der Waals surface area contributed by atoms with Crippen molar-refractivity contribution >= 4 is 18.3 Å². The number of carbonyl (C=O) groups is 1. The molecule has 1 amide bonds. The maximum atomic E-state index is 11.3. The number of rotatable bonds is 5. The maximum absolute atomic E-state index is 11.3. The summed E-state index contributed by atoms with van der Waals surface area (Å²) < 4.78 is 0. The van der Waals surface area contributed by atoms with E-state index in [1.807, 2.05) is 13.0 Å². The number of amides is 1. The SMILES string of the molecule is Cc1cccc(CCNC(=O)CC(C)N)c1.Cl. The molecule has 0 aliphatic carbocycles. The third kappa shape index (κ3) is 6.97. The number of benzene rings is 1. The van der Waals surface area contributed by atoms with Crippen LogP contribution in [0.15, 0.2) is 24.3 Å². The standard InChI is InChI=1S/C13H20N2O.ClH/c1-10-4-3-5-12(8-10)6-7-15-13(16)9-11(2)14;/h3-5,8,11H,6-7,9,14H2,1-2H3,(H,15,16);1H. The molecule has 0 aromatic heterocycles. The van der Waals surface area contributed by atoms with E-state index in [0.717, 1.165) is 6.42 Å². The first-order valence-electron chi connectivity index (χ1n) is 5.66. The lowest BCUT2D eigenvalue weighted by Gasteiger charge is -2.07. The van der Waals surface area contributed by atoms with Gasteiger partial charge in [-0.25, -0.2) is 0 Å². The fourth-order valence-corrected chi connectivity index (χ4v) is 1.58. The summed E-state index contributed by atoms with van der Waals surface area (Å²) in [5.41, 5.74) is 8.04. The fourth-order valence-electron chi connectivity index (χ4n) is 1.58. The van der Waals surface area contributed by atoms with Gasteiger partial charge < -0.3 is 11.1 Å². The van der Waals surface area contributed by atoms with Crippen molar-refractivity contribution in [2.24, 2.45) is 5.73 Å². The summed E-state index contributed by atoms with van der Waals surface area (Å²) in [7, 11) is 0. The monoisotopic (exact) mass is 256 g/mol. The Bertz CT molecular complexity index is 353. The normalized spacial score (nSPS) is 11.5. The molecule has 17 heavy (non-hydrogen) atoms. The number of hydrogen-bond donors (Lipinski definition) is 2. The zero-order chi connectivity index (χ0) is 12.0. The van der Waals surface area contributed by atoms with Crippen molar-refractivity contribution < 1.29 is 4.79 Å². The molecule has 3 nitrogen and oxygen atoms in total. The van der Waals surface area contributed by atoms with E-state index in [1.54, 1.807) is 0 Å². The Hall–Kier alpha value is -1.06. The van der Waals surface area contributed by atoms with E-state index in [2.05, 4.69) is 30.4 Å². The second-order valence-corrected chi connectivity index (χ2v) is 4.27. The van der Waals surface area contributed by atoms with Crippen LogP contribution in [0.1, 0.15) is 24.5 Å². The average molecular weight is 257 g/mol. The molecule has 1 aromatic rings. The molecular formula is C13H21ClN2O. The molecule has 1 atom stereocenters. The summed E-state index contributed by atoms with van der Waals surface area (Å²) in [6.45, 7) is 4.58. The number of hydrogen-bond acceptors (Lipinski definition) is 2. The van der Waals surface area contributed by atoms with Crippen LogP contribution in [-0.2, 0) is 11.2 Å². The molecule has 0 spiro atoms. The minimum Gasteiger partial charge on any atom is -0.356 e. The van der Waals surface area contributed by atoms with Crippen LogP contribution in [0.25, 0.3) is 0 Å². The molecular weight excluding hydrogens is 236 g/mol. The molecule has 3 N–H and O–H groups in total. The Morgan fingerprint density at radius 2 is 2.18 bits per heavy atom. The van der Waals surface area contributed by atoms with E-state index >= 15 is 0 Å². The van der Waals surface area contributed by atoms with Gasteiger partial charge in [0.05, 0.1) is 0 Å². The lowest BCUT2D eigenvalue weighted by Crippen LogP contribution is -2.31. The first-order chi connectivity index (χ1) is 7.58. The predicted octanol–water partition coefficient (Wildman–Crippen LogP) is 1.81. The predicted molar refractivity (Wildman–Crippen MR) is 73.4 cm³/mol. The third-order valence-corrected chi connectivity index (χ3v) is 2.33. The van der Waals surface area contributed by atoms with Gasteiger partial charge in [-0.3, -0.25) is 4.79 Å². The summed E-state index contributed by atoms with van der Waals surface area (Å²) in [5, 5.41) is 2.86. The lowest BCUT2D eigenvalue weighted by atomic mass is 10.1. The van der Waals surface area contributed by atoms with Crippen molar-refractivity contribution in [3.8, 4) is 0 Å². The average Bonchev–Trinajstić information content (AvgIpc) is 2.16. The summed E-state index contributed by atoms with van der Waals surface area (Å²) >= 11 is 0. The highest BCUT2D eigenvalue weighted by atomic mass is 35.5. The fraction of sp³-hybridized carbons (Fsp3) is 0.462. The molecule has 0 saturated carbocycles. The Morgan fingerprint density at radius 3 is 2.76 bits per heavy atom. The largest absolute Gasteiger partial charge is 0.356 e. The van der Waals surface area contributed by atoms with Crippen LogP contribution in [0.5, 0.6) is 0 Å². The molecule has 0 aliphatic heterocycles. The maximum Gasteiger partial charge on any atom is 0.221 e. The number of aryl methyl sites for hydroxylation is 1. The summed E-state index contributed by atoms with van der Waals surface area (Å²) in [4.78, 5) is 11.3. The first kappa shape index (κ1) is 15.9. The third-order valence-electron chi connectivity index (χ3n) is 2.33. The van der Waals surface area contributed by atoms with Gasteiger partial charge in [0.1, 0.15) is 0 Å². The van der Waals surface area contributed by atoms with E-state index < -0.39 is 0 Å². The van der Waals surface area contributed by atoms with Gasteiger partial charge in [0.15, 0.2) is 0 Å². The summed E-state index contributed by atoms with van der Waals surface area (Å²) in [6, 6.07) is 8.24. The van der Waals surface area contributed by atoms with Gasteiger partial charge in [-0.05, 0) is 25.8 Å². The van der Waals surface area contributed by atoms with Gasteiger partial charge in [0.2, 0.25) is 5.91 Å². The molecule has 0 fully saturated rings. The highest BCUT2D eigenvalue weighted by molar-refractivity contribution is 5.85. The molecule has 0 aliphatic rings. The Morgan fingerprint density at radius 1 is 1.47 bits per heavy atom. The van der Waals surface area contributed by atoms with Gasteiger partial charge in [-0.1, -0.05) is 29.8 Å². The van der Waals surface area contributed by atoms with E-state index in [1.165, 1.54) is 11.1 Å². The highest BCUT2D eigenvalue weighted by Crippen LogP contribution is 2.03. The topological polar surface area (TPSA) is 55.1 Å². The first-order valence-corrected chi connectivity index (χ1v) is 5.66. The quantitative estimate of drug-likeness (QED) is 0.844. The van der Waals surface area contributed by atoms with E-state index in [0.29, 0.717) is 13.0 Å². The zero-order valence-electron chi connectivity index (χ0n) is 10.4. The molecule has 1 rings (SSSR count). The molecule has 1 aromatic carbocycles. The van der Waals surface area contributed by atoms with Crippen LogP contribution in [0.4, 0.5) is 0 Å². The van der Waals surface area contributed by atoms with Crippen molar-refractivity contribution in [2.75, 3.05) is 6.54 Å². The second kappa shape index (κ2) is 8.09. The van der Waals surface area contributed by atoms with Crippen LogP contribution < -0.4 is 11.1 Å². The summed E-state index contributed by atoms with van der Waals surface area (Å²) in [5.74, 6) is 0.0302. The number of nitrogens with two attached hydrogens (primary N) is 1. The minimum atomic E-state index is -0.0704. The van der Waals surface area contributed by atoms with Gasteiger partial charge >= 0.3 is 0 Å². The van der Waals surface area contributed by atoms with Gasteiger partial charge in [-0.15, -0.1) is 12.4 Å². The lowest BCUT2D eigenvalue weighted by molar-refractivity contribution is -0.121. The Balaban J connectivity index is 0.00000256. The van der Waals surface area contributed by atoms with Crippen molar-refractivity contribution in [3.05, 3.63) is 35.4 Å². The van der Waals surface area contributed by atoms with E-state index in [-0.39, 0.29) is 24.4 Å². The Labute approximate surface area is 109 Å². The Kier molecular flexibility index (Phi) is 7.59. The van der Waals surface area contributed by atoms with Crippen LogP contribution in [-0.4, -0.2) is 18.5 Å². The van der Waals surface area contributed by atoms with Crippen molar-refractivity contribution in [1.82, 2.24) is 5.32 Å². The smallest absolute Gasteiger partial charge is 0.221 e. The number of halogens is 1. The molecule has 4 heteroatoms. The second-order valence-electron chi connectivity index (χ2n) is 4.27. The van der Waals surface area contributed by atoms with Gasteiger partial charge in [-0.2, -0.15) is 0 Å². The molecule has 0 bridgehead atoms. The van der Waals surface area contributed by atoms with Crippen LogP contribution >= 0.6 is 12.4 Å². The zero-order valence-corrected chi connectivity index (χ0v) is 11.2. The van der Waals surface area contributed by atoms with E-state index in [4.69, 9.17) is 5.73 Å². The number of carbonyl (C=O) groups excluding carboxylic acids is 1. The van der Waals surface area contributed by atoms with E-state index in [9.17, 15) is 4.79 Å². The molecule has 0 radical (unpaired) electrons. The summed E-state index contributed by atoms with van der Waals surface area (Å²) in [6.07, 6.45) is 1.26. The van der Waals surface area contributed by atoms with Crippen LogP contribution in [0.3, 0.4) is 0 Å². The van der Waals surface area contributed by atoms with Crippen molar-refractivity contribution in [2.45, 2.75) is 32.7 Å². The molecule has 1 unspecified atom stereocenters. The molecule has 0 heterocycles. The minimum absolute atomic E-state index is 0. The number of nitrogens with one attached hydrogen (secondary N) is 1.